The predicted molar refractivity (Wildman–Crippen MR) is 67.8 cm³/mol. The van der Waals surface area contributed by atoms with Gasteiger partial charge in [0.15, 0.2) is 5.65 Å². The molecule has 114 valence electrons. The Labute approximate surface area is 118 Å². The average molecular weight is 301 g/mol. The van der Waals surface area contributed by atoms with Crippen molar-refractivity contribution in [3.05, 3.63) is 18.0 Å². The molecule has 0 saturated carbocycles. The monoisotopic (exact) mass is 301 g/mol. The number of aliphatic hydroxyl groups is 1. The van der Waals surface area contributed by atoms with Gasteiger partial charge in [-0.15, -0.1) is 15.3 Å². The number of halogens is 3. The summed E-state index contributed by atoms with van der Waals surface area (Å²) in [4.78, 5) is 1.88. The Morgan fingerprint density at radius 3 is 2.81 bits per heavy atom. The van der Waals surface area contributed by atoms with E-state index in [9.17, 15) is 18.3 Å². The molecule has 0 aromatic carbocycles. The Kier molecular flexibility index (Phi) is 3.44. The zero-order valence-corrected chi connectivity index (χ0v) is 11.1. The zero-order valence-electron chi connectivity index (χ0n) is 11.1. The number of hydrogen-bond acceptors (Lipinski definition) is 5. The van der Waals surface area contributed by atoms with E-state index in [0.29, 0.717) is 18.9 Å². The van der Waals surface area contributed by atoms with Crippen molar-refractivity contribution in [1.29, 1.82) is 0 Å². The van der Waals surface area contributed by atoms with Crippen LogP contribution in [0.2, 0.25) is 0 Å². The van der Waals surface area contributed by atoms with Crippen LogP contribution in [0.5, 0.6) is 0 Å². The van der Waals surface area contributed by atoms with Gasteiger partial charge in [-0.05, 0) is 30.9 Å². The molecule has 2 aromatic rings. The molecule has 0 spiro atoms. The molecule has 0 unspecified atom stereocenters. The highest BCUT2D eigenvalue weighted by Crippen LogP contribution is 2.28. The van der Waals surface area contributed by atoms with Crippen molar-refractivity contribution < 1.29 is 18.3 Å². The summed E-state index contributed by atoms with van der Waals surface area (Å²) < 4.78 is 39.2. The minimum absolute atomic E-state index is 0.0572. The van der Waals surface area contributed by atoms with Crippen LogP contribution in [-0.2, 0) is 6.18 Å². The van der Waals surface area contributed by atoms with Gasteiger partial charge in [0.25, 0.3) is 5.82 Å². The fraction of sp³-hybridized carbons (Fsp3) is 0.583. The van der Waals surface area contributed by atoms with Crippen LogP contribution in [0, 0.1) is 5.92 Å². The van der Waals surface area contributed by atoms with Gasteiger partial charge in [0.2, 0.25) is 0 Å². The first-order valence-electron chi connectivity index (χ1n) is 6.64. The maximum Gasteiger partial charge on any atom is 0.453 e. The van der Waals surface area contributed by atoms with E-state index in [2.05, 4.69) is 15.3 Å². The molecule has 1 saturated heterocycles. The number of nitrogens with zero attached hydrogens (tertiary/aromatic N) is 5. The summed E-state index contributed by atoms with van der Waals surface area (Å²) in [6, 6.07) is 3.09. The average Bonchev–Trinajstić information content (AvgIpc) is 2.90. The van der Waals surface area contributed by atoms with Gasteiger partial charge in [-0.3, -0.25) is 0 Å². The molecule has 1 aliphatic rings. The molecule has 9 heteroatoms. The largest absolute Gasteiger partial charge is 0.453 e. The van der Waals surface area contributed by atoms with Gasteiger partial charge in [0, 0.05) is 19.7 Å². The van der Waals surface area contributed by atoms with E-state index in [1.807, 2.05) is 4.90 Å². The summed E-state index contributed by atoms with van der Waals surface area (Å²) >= 11 is 0. The predicted octanol–water partition coefficient (Wildman–Crippen LogP) is 1.35. The molecule has 3 rings (SSSR count). The number of piperidine rings is 1. The maximum atomic E-state index is 12.8. The van der Waals surface area contributed by atoms with E-state index >= 15 is 0 Å². The fourth-order valence-electron chi connectivity index (χ4n) is 2.55. The first-order valence-corrected chi connectivity index (χ1v) is 6.64. The third-order valence-electron chi connectivity index (χ3n) is 3.60. The molecule has 2 aromatic heterocycles. The van der Waals surface area contributed by atoms with Crippen LogP contribution in [0.15, 0.2) is 12.1 Å². The molecule has 21 heavy (non-hydrogen) atoms. The van der Waals surface area contributed by atoms with Gasteiger partial charge in [0.05, 0.1) is 0 Å². The lowest BCUT2D eigenvalue weighted by Crippen LogP contribution is -2.37. The van der Waals surface area contributed by atoms with E-state index in [0.717, 1.165) is 17.4 Å². The minimum Gasteiger partial charge on any atom is -0.396 e. The number of fused-ring (bicyclic) bond motifs is 1. The van der Waals surface area contributed by atoms with Crippen LogP contribution in [0.1, 0.15) is 18.7 Å². The molecule has 0 amide bonds. The molecule has 0 aliphatic carbocycles. The molecule has 1 aliphatic heterocycles. The lowest BCUT2D eigenvalue weighted by atomic mass is 9.99. The summed E-state index contributed by atoms with van der Waals surface area (Å²) in [6.45, 7) is 1.36. The number of rotatable bonds is 2. The molecule has 1 fully saturated rings. The number of aliphatic hydroxyl groups excluding tert-OH is 1. The summed E-state index contributed by atoms with van der Waals surface area (Å²) in [5.74, 6) is -0.569. The first-order chi connectivity index (χ1) is 9.99. The highest BCUT2D eigenvalue weighted by Gasteiger charge is 2.37. The first kappa shape index (κ1) is 14.1. The normalized spacial score (nSPS) is 20.2. The van der Waals surface area contributed by atoms with Crippen molar-refractivity contribution in [3.8, 4) is 0 Å². The van der Waals surface area contributed by atoms with Crippen molar-refractivity contribution in [2.75, 3.05) is 24.6 Å². The third-order valence-corrected chi connectivity index (χ3v) is 3.60. The second-order valence-electron chi connectivity index (χ2n) is 5.12. The Bertz CT molecular complexity index is 641. The second kappa shape index (κ2) is 5.14. The SMILES string of the molecule is OC[C@H]1CCCN(c2ccc3nnc(C(F)(F)F)n3n2)C1. The van der Waals surface area contributed by atoms with E-state index in [-0.39, 0.29) is 18.2 Å². The molecule has 1 N–H and O–H groups in total. The number of hydrogen-bond donors (Lipinski definition) is 1. The highest BCUT2D eigenvalue weighted by molar-refractivity contribution is 5.46. The van der Waals surface area contributed by atoms with Crippen LogP contribution in [0.25, 0.3) is 5.65 Å². The quantitative estimate of drug-likeness (QED) is 0.907. The third kappa shape index (κ3) is 2.65. The van der Waals surface area contributed by atoms with Crippen LogP contribution in [0.4, 0.5) is 19.0 Å². The summed E-state index contributed by atoms with van der Waals surface area (Å²) in [5.41, 5.74) is 0.0572. The van der Waals surface area contributed by atoms with E-state index in [4.69, 9.17) is 0 Å². The summed E-state index contributed by atoms with van der Waals surface area (Å²) in [5, 5.41) is 19.9. The smallest absolute Gasteiger partial charge is 0.396 e. The number of alkyl halides is 3. The standard InChI is InChI=1S/C12H14F3N5O/c13-12(14,15)11-17-16-9-3-4-10(18-20(9)11)19-5-1-2-8(6-19)7-21/h3-4,8,21H,1-2,5-7H2/t8-/m0/s1. The van der Waals surface area contributed by atoms with E-state index in [1.165, 1.54) is 6.07 Å². The molecule has 0 bridgehead atoms. The number of anilines is 1. The molecule has 0 radical (unpaired) electrons. The van der Waals surface area contributed by atoms with Gasteiger partial charge >= 0.3 is 6.18 Å². The molecule has 3 heterocycles. The van der Waals surface area contributed by atoms with Crippen LogP contribution < -0.4 is 4.90 Å². The van der Waals surface area contributed by atoms with E-state index in [1.54, 1.807) is 6.07 Å². The zero-order chi connectivity index (χ0) is 15.0. The molecule has 6 nitrogen and oxygen atoms in total. The van der Waals surface area contributed by atoms with Gasteiger partial charge in [0.1, 0.15) is 5.82 Å². The molecule has 1 atom stereocenters. The van der Waals surface area contributed by atoms with Crippen molar-refractivity contribution in [3.63, 3.8) is 0 Å². The van der Waals surface area contributed by atoms with Crippen molar-refractivity contribution >= 4 is 11.5 Å². The molecular formula is C12H14F3N5O. The van der Waals surface area contributed by atoms with E-state index < -0.39 is 12.0 Å². The Morgan fingerprint density at radius 1 is 1.29 bits per heavy atom. The highest BCUT2D eigenvalue weighted by atomic mass is 19.4. The minimum atomic E-state index is -4.60. The van der Waals surface area contributed by atoms with Crippen LogP contribution in [0.3, 0.4) is 0 Å². The van der Waals surface area contributed by atoms with Crippen molar-refractivity contribution in [2.24, 2.45) is 5.92 Å². The topological polar surface area (TPSA) is 66.5 Å². The summed E-state index contributed by atoms with van der Waals surface area (Å²) in [7, 11) is 0. The Morgan fingerprint density at radius 2 is 2.10 bits per heavy atom. The maximum absolute atomic E-state index is 12.8. The summed E-state index contributed by atoms with van der Waals surface area (Å²) in [6.07, 6.45) is -2.81. The van der Waals surface area contributed by atoms with Crippen LogP contribution in [-0.4, -0.2) is 44.6 Å². The fourth-order valence-corrected chi connectivity index (χ4v) is 2.55. The number of aromatic nitrogens is 4. The van der Waals surface area contributed by atoms with Crippen LogP contribution >= 0.6 is 0 Å². The Balaban J connectivity index is 1.96. The molecular weight excluding hydrogens is 287 g/mol. The van der Waals surface area contributed by atoms with Crippen molar-refractivity contribution in [1.82, 2.24) is 19.8 Å². The lowest BCUT2D eigenvalue weighted by molar-refractivity contribution is -0.146. The lowest BCUT2D eigenvalue weighted by Gasteiger charge is -2.32. The Hall–Kier alpha value is -1.90. The van der Waals surface area contributed by atoms with Gasteiger partial charge in [-0.25, -0.2) is 0 Å². The second-order valence-corrected chi connectivity index (χ2v) is 5.12. The van der Waals surface area contributed by atoms with Gasteiger partial charge in [-0.1, -0.05) is 0 Å². The van der Waals surface area contributed by atoms with Gasteiger partial charge < -0.3 is 10.0 Å². The van der Waals surface area contributed by atoms with Crippen molar-refractivity contribution in [2.45, 2.75) is 19.0 Å². The van der Waals surface area contributed by atoms with Gasteiger partial charge in [-0.2, -0.15) is 17.7 Å².